The molecule has 0 saturated carbocycles. The summed E-state index contributed by atoms with van der Waals surface area (Å²) < 4.78 is 0. The molecule has 2 rings (SSSR count). The van der Waals surface area contributed by atoms with E-state index in [0.29, 0.717) is 20.8 Å². The van der Waals surface area contributed by atoms with Gasteiger partial charge >= 0.3 is 0 Å². The van der Waals surface area contributed by atoms with Gasteiger partial charge in [-0.15, -0.1) is 11.8 Å². The molecule has 0 radical (unpaired) electrons. The molecule has 1 N–H and O–H groups in total. The highest BCUT2D eigenvalue weighted by Crippen LogP contribution is 2.25. The zero-order valence-electron chi connectivity index (χ0n) is 15.5. The summed E-state index contributed by atoms with van der Waals surface area (Å²) in [5, 5.41) is 4.14. The first-order valence-corrected chi connectivity index (χ1v) is 10.9. The largest absolute Gasteiger partial charge is 0.357 e. The third-order valence-electron chi connectivity index (χ3n) is 4.19. The SMILES string of the molecule is CNC(=O)[C@@H](C)N(Cc1ccccc1Cl)C(=O)CSCc1ccc(Cl)c(Cl)c1. The third-order valence-corrected chi connectivity index (χ3v) is 6.29. The van der Waals surface area contributed by atoms with Gasteiger partial charge in [0.15, 0.2) is 0 Å². The molecule has 1 atom stereocenters. The highest BCUT2D eigenvalue weighted by molar-refractivity contribution is 7.99. The second-order valence-electron chi connectivity index (χ2n) is 6.14. The lowest BCUT2D eigenvalue weighted by molar-refractivity contribution is -0.138. The minimum absolute atomic E-state index is 0.138. The predicted molar refractivity (Wildman–Crippen MR) is 118 cm³/mol. The normalized spacial score (nSPS) is 11.8. The Balaban J connectivity index is 2.06. The number of hydrogen-bond acceptors (Lipinski definition) is 3. The molecule has 0 bridgehead atoms. The maximum absolute atomic E-state index is 12.9. The van der Waals surface area contributed by atoms with E-state index in [0.717, 1.165) is 11.1 Å². The van der Waals surface area contributed by atoms with Gasteiger partial charge in [0.05, 0.1) is 15.8 Å². The van der Waals surface area contributed by atoms with Crippen LogP contribution in [0.5, 0.6) is 0 Å². The molecule has 2 amide bonds. The molecule has 2 aromatic carbocycles. The number of nitrogens with one attached hydrogen (secondary N) is 1. The minimum atomic E-state index is -0.612. The fraction of sp³-hybridized carbons (Fsp3) is 0.300. The first-order chi connectivity index (χ1) is 13.3. The van der Waals surface area contributed by atoms with Crippen molar-refractivity contribution in [3.8, 4) is 0 Å². The second kappa shape index (κ2) is 11.0. The van der Waals surface area contributed by atoms with Gasteiger partial charge in [-0.3, -0.25) is 9.59 Å². The Hall–Kier alpha value is -1.40. The summed E-state index contributed by atoms with van der Waals surface area (Å²) in [7, 11) is 1.55. The minimum Gasteiger partial charge on any atom is -0.357 e. The zero-order valence-corrected chi connectivity index (χ0v) is 18.6. The molecular weight excluding hydrogens is 439 g/mol. The molecule has 0 aliphatic rings. The van der Waals surface area contributed by atoms with Gasteiger partial charge in [0.25, 0.3) is 0 Å². The monoisotopic (exact) mass is 458 g/mol. The van der Waals surface area contributed by atoms with Crippen molar-refractivity contribution in [1.82, 2.24) is 10.2 Å². The summed E-state index contributed by atoms with van der Waals surface area (Å²) in [6, 6.07) is 12.1. The molecule has 0 saturated heterocycles. The van der Waals surface area contributed by atoms with Crippen molar-refractivity contribution in [2.24, 2.45) is 0 Å². The van der Waals surface area contributed by atoms with Gasteiger partial charge in [0.1, 0.15) is 6.04 Å². The van der Waals surface area contributed by atoms with Crippen molar-refractivity contribution in [3.63, 3.8) is 0 Å². The number of nitrogens with zero attached hydrogens (tertiary/aromatic N) is 1. The third kappa shape index (κ3) is 6.31. The van der Waals surface area contributed by atoms with Crippen LogP contribution in [0.25, 0.3) is 0 Å². The van der Waals surface area contributed by atoms with E-state index in [1.807, 2.05) is 24.3 Å². The van der Waals surface area contributed by atoms with Crippen LogP contribution in [-0.2, 0) is 21.9 Å². The topological polar surface area (TPSA) is 49.4 Å². The molecule has 4 nitrogen and oxygen atoms in total. The summed E-state index contributed by atoms with van der Waals surface area (Å²) in [4.78, 5) is 26.5. The van der Waals surface area contributed by atoms with Crippen LogP contribution in [0.15, 0.2) is 42.5 Å². The van der Waals surface area contributed by atoms with E-state index in [2.05, 4.69) is 5.32 Å². The molecule has 0 aromatic heterocycles. The highest BCUT2D eigenvalue weighted by atomic mass is 35.5. The van der Waals surface area contributed by atoms with Crippen molar-refractivity contribution in [2.75, 3.05) is 12.8 Å². The highest BCUT2D eigenvalue weighted by Gasteiger charge is 2.25. The zero-order chi connectivity index (χ0) is 20.7. The number of likely N-dealkylation sites (N-methyl/N-ethyl adjacent to an activating group) is 1. The Morgan fingerprint density at radius 1 is 1.07 bits per heavy atom. The summed E-state index contributed by atoms with van der Waals surface area (Å²) >= 11 is 19.6. The fourth-order valence-corrected chi connectivity index (χ4v) is 3.94. The molecule has 150 valence electrons. The lowest BCUT2D eigenvalue weighted by atomic mass is 10.1. The number of halogens is 3. The maximum atomic E-state index is 12.9. The molecule has 8 heteroatoms. The fourth-order valence-electron chi connectivity index (χ4n) is 2.57. The Bertz CT molecular complexity index is 848. The van der Waals surface area contributed by atoms with Crippen molar-refractivity contribution >= 4 is 58.4 Å². The number of rotatable bonds is 8. The van der Waals surface area contributed by atoms with E-state index in [-0.39, 0.29) is 24.1 Å². The molecule has 2 aromatic rings. The van der Waals surface area contributed by atoms with Gasteiger partial charge in [0.2, 0.25) is 11.8 Å². The number of thioether (sulfide) groups is 1. The van der Waals surface area contributed by atoms with Crippen LogP contribution in [0.2, 0.25) is 15.1 Å². The van der Waals surface area contributed by atoms with Crippen LogP contribution < -0.4 is 5.32 Å². The van der Waals surface area contributed by atoms with Crippen molar-refractivity contribution in [1.29, 1.82) is 0 Å². The summed E-state index contributed by atoms with van der Waals surface area (Å²) in [6.45, 7) is 1.97. The van der Waals surface area contributed by atoms with E-state index < -0.39 is 6.04 Å². The summed E-state index contributed by atoms with van der Waals surface area (Å²) in [6.07, 6.45) is 0. The molecule has 0 spiro atoms. The van der Waals surface area contributed by atoms with E-state index >= 15 is 0 Å². The van der Waals surface area contributed by atoms with E-state index in [1.165, 1.54) is 11.8 Å². The van der Waals surface area contributed by atoms with Gasteiger partial charge in [0, 0.05) is 24.4 Å². The molecule has 0 unspecified atom stereocenters. The van der Waals surface area contributed by atoms with Crippen LogP contribution in [-0.4, -0.2) is 35.6 Å². The van der Waals surface area contributed by atoms with Crippen molar-refractivity contribution < 1.29 is 9.59 Å². The standard InChI is InChI=1S/C20H21Cl3N2O2S/c1-13(20(27)24-2)25(10-15-5-3-4-6-16(15)21)19(26)12-28-11-14-7-8-17(22)18(23)9-14/h3-9,13H,10-12H2,1-2H3,(H,24,27)/t13-/m1/s1. The molecule has 0 heterocycles. The van der Waals surface area contributed by atoms with Gasteiger partial charge < -0.3 is 10.2 Å². The van der Waals surface area contributed by atoms with E-state index in [4.69, 9.17) is 34.8 Å². The molecule has 28 heavy (non-hydrogen) atoms. The Morgan fingerprint density at radius 3 is 2.43 bits per heavy atom. The summed E-state index contributed by atoms with van der Waals surface area (Å²) in [5.74, 6) is 0.471. The van der Waals surface area contributed by atoms with Gasteiger partial charge in [-0.25, -0.2) is 0 Å². The number of amides is 2. The van der Waals surface area contributed by atoms with Gasteiger partial charge in [-0.2, -0.15) is 0 Å². The Kier molecular flexibility index (Phi) is 8.96. The van der Waals surface area contributed by atoms with Crippen LogP contribution in [0.1, 0.15) is 18.1 Å². The maximum Gasteiger partial charge on any atom is 0.242 e. The number of benzene rings is 2. The quantitative estimate of drug-likeness (QED) is 0.601. The van der Waals surface area contributed by atoms with Crippen LogP contribution in [0.4, 0.5) is 0 Å². The second-order valence-corrected chi connectivity index (χ2v) is 8.35. The van der Waals surface area contributed by atoms with E-state index in [1.54, 1.807) is 37.1 Å². The van der Waals surface area contributed by atoms with Crippen molar-refractivity contribution in [3.05, 3.63) is 68.7 Å². The van der Waals surface area contributed by atoms with E-state index in [9.17, 15) is 9.59 Å². The lowest BCUT2D eigenvalue weighted by Crippen LogP contribution is -2.47. The molecular formula is C20H21Cl3N2O2S. The predicted octanol–water partition coefficient (Wildman–Crippen LogP) is 5.04. The van der Waals surface area contributed by atoms with Crippen LogP contribution >= 0.6 is 46.6 Å². The number of carbonyl (C=O) groups is 2. The van der Waals surface area contributed by atoms with Crippen molar-refractivity contribution in [2.45, 2.75) is 25.3 Å². The molecule has 0 aliphatic carbocycles. The smallest absolute Gasteiger partial charge is 0.242 e. The lowest BCUT2D eigenvalue weighted by Gasteiger charge is -2.28. The first kappa shape index (κ1) is 22.9. The number of hydrogen-bond donors (Lipinski definition) is 1. The van der Waals surface area contributed by atoms with Gasteiger partial charge in [-0.1, -0.05) is 59.1 Å². The number of carbonyl (C=O) groups excluding carboxylic acids is 2. The Morgan fingerprint density at radius 2 is 1.79 bits per heavy atom. The average Bonchev–Trinajstić information content (AvgIpc) is 2.68. The summed E-state index contributed by atoms with van der Waals surface area (Å²) in [5.41, 5.74) is 1.77. The first-order valence-electron chi connectivity index (χ1n) is 8.59. The van der Waals surface area contributed by atoms with Gasteiger partial charge in [-0.05, 0) is 36.2 Å². The van der Waals surface area contributed by atoms with Crippen LogP contribution in [0, 0.1) is 0 Å². The molecule has 0 fully saturated rings. The Labute approximate surface area is 184 Å². The average molecular weight is 460 g/mol. The van der Waals surface area contributed by atoms with Crippen LogP contribution in [0.3, 0.4) is 0 Å². The molecule has 0 aliphatic heterocycles.